The molecular formula is C17H21FN2O5S. The normalized spacial score (nSPS) is 14.0. The van der Waals surface area contributed by atoms with E-state index in [9.17, 15) is 17.6 Å². The maximum atomic E-state index is 13.0. The Morgan fingerprint density at radius 2 is 2.00 bits per heavy atom. The van der Waals surface area contributed by atoms with Crippen LogP contribution in [-0.2, 0) is 26.2 Å². The van der Waals surface area contributed by atoms with Crippen LogP contribution in [0, 0.1) is 11.7 Å². The van der Waals surface area contributed by atoms with Crippen LogP contribution in [0.25, 0.3) is 11.3 Å². The summed E-state index contributed by atoms with van der Waals surface area (Å²) in [5.74, 6) is -0.747. The van der Waals surface area contributed by atoms with Crippen molar-refractivity contribution in [3.63, 3.8) is 0 Å². The third-order valence-corrected chi connectivity index (χ3v) is 4.51. The third-order valence-electron chi connectivity index (χ3n) is 3.83. The highest BCUT2D eigenvalue weighted by Crippen LogP contribution is 2.21. The number of hydrogen-bond donors (Lipinski definition) is 1. The van der Waals surface area contributed by atoms with E-state index in [0.717, 1.165) is 6.26 Å². The summed E-state index contributed by atoms with van der Waals surface area (Å²) in [6, 6.07) is 4.69. The van der Waals surface area contributed by atoms with Crippen molar-refractivity contribution < 1.29 is 26.8 Å². The molecule has 0 saturated carbocycles. The number of halogens is 1. The van der Waals surface area contributed by atoms with Crippen molar-refractivity contribution in [1.29, 1.82) is 0 Å². The lowest BCUT2D eigenvalue weighted by atomic mass is 10.0. The molecule has 2 atom stereocenters. The van der Waals surface area contributed by atoms with Gasteiger partial charge in [0.2, 0.25) is 15.9 Å². The fraction of sp³-hybridized carbons (Fsp3) is 0.412. The number of oxazole rings is 1. The summed E-state index contributed by atoms with van der Waals surface area (Å²) in [6.45, 7) is 3.36. The first-order valence-corrected chi connectivity index (χ1v) is 9.93. The van der Waals surface area contributed by atoms with Gasteiger partial charge in [0.1, 0.15) is 11.9 Å². The Morgan fingerprint density at radius 3 is 2.58 bits per heavy atom. The van der Waals surface area contributed by atoms with Crippen molar-refractivity contribution in [3.05, 3.63) is 42.2 Å². The van der Waals surface area contributed by atoms with Gasteiger partial charge >= 0.3 is 5.97 Å². The average Bonchev–Trinajstić information content (AvgIpc) is 3.05. The second-order valence-corrected chi connectivity index (χ2v) is 7.77. The number of hydrogen-bond acceptors (Lipinski definition) is 6. The standard InChI is InChI=1S/C17H21FN2O5S/c1-4-11(2)16(20-26(3,22)23)17(21)24-10-15-19-9-14(25-15)12-5-7-13(18)8-6-12/h5-9,11,16,20H,4,10H2,1-3H3/t11-,16-/m1/s1. The lowest BCUT2D eigenvalue weighted by Crippen LogP contribution is -2.45. The van der Waals surface area contributed by atoms with Gasteiger partial charge in [-0.15, -0.1) is 0 Å². The minimum Gasteiger partial charge on any atom is -0.454 e. The number of carbonyl (C=O) groups is 1. The van der Waals surface area contributed by atoms with Gasteiger partial charge in [-0.3, -0.25) is 4.79 Å². The summed E-state index contributed by atoms with van der Waals surface area (Å²) in [4.78, 5) is 16.3. The van der Waals surface area contributed by atoms with Gasteiger partial charge < -0.3 is 9.15 Å². The molecule has 7 nitrogen and oxygen atoms in total. The molecule has 2 rings (SSSR count). The van der Waals surface area contributed by atoms with Gasteiger partial charge in [0.25, 0.3) is 0 Å². The van der Waals surface area contributed by atoms with Gasteiger partial charge in [-0.2, -0.15) is 0 Å². The van der Waals surface area contributed by atoms with Crippen molar-refractivity contribution in [1.82, 2.24) is 9.71 Å². The van der Waals surface area contributed by atoms with Gasteiger partial charge in [0.15, 0.2) is 12.4 Å². The van der Waals surface area contributed by atoms with Crippen molar-refractivity contribution >= 4 is 16.0 Å². The first-order chi connectivity index (χ1) is 12.2. The molecule has 9 heteroatoms. The van der Waals surface area contributed by atoms with Crippen LogP contribution < -0.4 is 4.72 Å². The fourth-order valence-electron chi connectivity index (χ4n) is 2.21. The van der Waals surface area contributed by atoms with E-state index in [1.54, 1.807) is 19.1 Å². The second kappa shape index (κ2) is 8.41. The van der Waals surface area contributed by atoms with E-state index in [1.165, 1.54) is 18.3 Å². The number of benzene rings is 1. The smallest absolute Gasteiger partial charge is 0.324 e. The van der Waals surface area contributed by atoms with Crippen molar-refractivity contribution in [2.75, 3.05) is 6.26 Å². The Morgan fingerprint density at radius 1 is 1.35 bits per heavy atom. The van der Waals surface area contributed by atoms with Crippen LogP contribution in [0.1, 0.15) is 26.2 Å². The first-order valence-electron chi connectivity index (χ1n) is 8.04. The molecule has 2 aromatic rings. The summed E-state index contributed by atoms with van der Waals surface area (Å²) >= 11 is 0. The number of aromatic nitrogens is 1. The minimum absolute atomic E-state index is 0.153. The molecule has 0 saturated heterocycles. The van der Waals surface area contributed by atoms with Crippen LogP contribution in [-0.4, -0.2) is 31.7 Å². The zero-order valence-corrected chi connectivity index (χ0v) is 15.5. The zero-order valence-electron chi connectivity index (χ0n) is 14.7. The summed E-state index contributed by atoms with van der Waals surface area (Å²) in [5.41, 5.74) is 0.632. The van der Waals surface area contributed by atoms with Gasteiger partial charge in [-0.1, -0.05) is 20.3 Å². The van der Waals surface area contributed by atoms with E-state index in [0.29, 0.717) is 17.7 Å². The van der Waals surface area contributed by atoms with Crippen LogP contribution in [0.2, 0.25) is 0 Å². The molecule has 0 aliphatic heterocycles. The Kier molecular flexibility index (Phi) is 6.49. The molecule has 0 fully saturated rings. The molecule has 0 radical (unpaired) electrons. The number of rotatable bonds is 8. The minimum atomic E-state index is -3.56. The molecule has 0 aliphatic carbocycles. The van der Waals surface area contributed by atoms with Crippen molar-refractivity contribution in [2.45, 2.75) is 32.9 Å². The first kappa shape index (κ1) is 20.1. The molecule has 0 unspecified atom stereocenters. The molecule has 1 aromatic heterocycles. The van der Waals surface area contributed by atoms with Gasteiger partial charge in [-0.25, -0.2) is 22.5 Å². The lowest BCUT2D eigenvalue weighted by molar-refractivity contribution is -0.149. The van der Waals surface area contributed by atoms with E-state index < -0.39 is 22.0 Å². The highest BCUT2D eigenvalue weighted by Gasteiger charge is 2.28. The number of sulfonamides is 1. The average molecular weight is 384 g/mol. The highest BCUT2D eigenvalue weighted by atomic mass is 32.2. The SMILES string of the molecule is CC[C@@H](C)[C@@H](NS(C)(=O)=O)C(=O)OCc1ncc(-c2ccc(F)cc2)o1. The Bertz CT molecular complexity index is 848. The quantitative estimate of drug-likeness (QED) is 0.702. The number of esters is 1. The fourth-order valence-corrected chi connectivity index (χ4v) is 3.00. The lowest BCUT2D eigenvalue weighted by Gasteiger charge is -2.21. The molecule has 0 amide bonds. The molecule has 142 valence electrons. The molecule has 0 bridgehead atoms. The van der Waals surface area contributed by atoms with E-state index in [1.807, 2.05) is 6.92 Å². The van der Waals surface area contributed by atoms with Gasteiger partial charge in [0, 0.05) is 5.56 Å². The molecule has 0 aliphatic rings. The van der Waals surface area contributed by atoms with Crippen LogP contribution in [0.3, 0.4) is 0 Å². The van der Waals surface area contributed by atoms with E-state index >= 15 is 0 Å². The largest absolute Gasteiger partial charge is 0.454 e. The monoisotopic (exact) mass is 384 g/mol. The highest BCUT2D eigenvalue weighted by molar-refractivity contribution is 7.88. The second-order valence-electron chi connectivity index (χ2n) is 5.99. The third kappa shape index (κ3) is 5.63. The van der Waals surface area contributed by atoms with E-state index in [2.05, 4.69) is 9.71 Å². The molecule has 0 spiro atoms. The van der Waals surface area contributed by atoms with Crippen LogP contribution >= 0.6 is 0 Å². The maximum Gasteiger partial charge on any atom is 0.324 e. The molecular weight excluding hydrogens is 363 g/mol. The Balaban J connectivity index is 2.02. The predicted molar refractivity (Wildman–Crippen MR) is 92.9 cm³/mol. The van der Waals surface area contributed by atoms with Crippen molar-refractivity contribution in [3.8, 4) is 11.3 Å². The van der Waals surface area contributed by atoms with Gasteiger partial charge in [0.05, 0.1) is 12.5 Å². The van der Waals surface area contributed by atoms with Crippen LogP contribution in [0.4, 0.5) is 4.39 Å². The van der Waals surface area contributed by atoms with E-state index in [-0.39, 0.29) is 24.2 Å². The van der Waals surface area contributed by atoms with Gasteiger partial charge in [-0.05, 0) is 30.2 Å². The molecule has 26 heavy (non-hydrogen) atoms. The summed E-state index contributed by atoms with van der Waals surface area (Å²) in [5, 5.41) is 0. The number of nitrogens with one attached hydrogen (secondary N) is 1. The number of nitrogens with zero attached hydrogens (tertiary/aromatic N) is 1. The summed E-state index contributed by atoms with van der Waals surface area (Å²) < 4.78 is 48.8. The molecule has 1 heterocycles. The zero-order chi connectivity index (χ0) is 19.3. The molecule has 1 N–H and O–H groups in total. The number of carbonyl (C=O) groups excluding carboxylic acids is 1. The number of ether oxygens (including phenoxy) is 1. The Hall–Kier alpha value is -2.26. The van der Waals surface area contributed by atoms with Crippen LogP contribution in [0.15, 0.2) is 34.9 Å². The summed E-state index contributed by atoms with van der Waals surface area (Å²) in [6.07, 6.45) is 3.02. The summed E-state index contributed by atoms with van der Waals surface area (Å²) in [7, 11) is -3.56. The topological polar surface area (TPSA) is 98.5 Å². The predicted octanol–water partition coefficient (Wildman–Crippen LogP) is 2.49. The van der Waals surface area contributed by atoms with Crippen molar-refractivity contribution in [2.24, 2.45) is 5.92 Å². The maximum absolute atomic E-state index is 13.0. The molecule has 1 aromatic carbocycles. The Labute approximate surface area is 151 Å². The van der Waals surface area contributed by atoms with Crippen LogP contribution in [0.5, 0.6) is 0 Å². The van der Waals surface area contributed by atoms with E-state index in [4.69, 9.17) is 9.15 Å².